The average molecular weight is 301 g/mol. The summed E-state index contributed by atoms with van der Waals surface area (Å²) < 4.78 is 16.2. The van der Waals surface area contributed by atoms with Crippen LogP contribution in [0.1, 0.15) is 25.3 Å². The van der Waals surface area contributed by atoms with Crippen LogP contribution in [-0.2, 0) is 6.54 Å². The zero-order valence-electron chi connectivity index (χ0n) is 12.5. The summed E-state index contributed by atoms with van der Waals surface area (Å²) in [5.74, 6) is 2.90. The number of rotatable bonds is 7. The van der Waals surface area contributed by atoms with Crippen LogP contribution in [-0.4, -0.2) is 23.4 Å². The van der Waals surface area contributed by atoms with Gasteiger partial charge in [-0.25, -0.2) is 9.97 Å². The molecule has 1 aliphatic rings. The summed E-state index contributed by atoms with van der Waals surface area (Å²) in [5, 5.41) is 3.26. The van der Waals surface area contributed by atoms with Gasteiger partial charge in [0.2, 0.25) is 12.7 Å². The molecular weight excluding hydrogens is 282 g/mol. The van der Waals surface area contributed by atoms with Crippen molar-refractivity contribution in [2.24, 2.45) is 0 Å². The van der Waals surface area contributed by atoms with Crippen molar-refractivity contribution in [2.75, 3.05) is 18.7 Å². The van der Waals surface area contributed by atoms with E-state index in [9.17, 15) is 0 Å². The maximum absolute atomic E-state index is 5.57. The van der Waals surface area contributed by atoms with Crippen molar-refractivity contribution in [2.45, 2.75) is 26.3 Å². The molecule has 2 heterocycles. The topological polar surface area (TPSA) is 65.5 Å². The summed E-state index contributed by atoms with van der Waals surface area (Å²) in [6.07, 6.45) is 3.62. The summed E-state index contributed by atoms with van der Waals surface area (Å²) in [5.41, 5.74) is 1.09. The minimum absolute atomic E-state index is 0.288. The molecule has 6 heteroatoms. The first-order valence-electron chi connectivity index (χ1n) is 7.42. The lowest BCUT2D eigenvalue weighted by Crippen LogP contribution is -2.04. The quantitative estimate of drug-likeness (QED) is 0.793. The SMILES string of the molecule is CCCCOc1cc(NCc2ccc3c(c2)OCO3)ncn1. The van der Waals surface area contributed by atoms with Gasteiger partial charge in [0.1, 0.15) is 12.1 Å². The number of aromatic nitrogens is 2. The first-order valence-corrected chi connectivity index (χ1v) is 7.42. The van der Waals surface area contributed by atoms with E-state index in [0.717, 1.165) is 35.7 Å². The Morgan fingerprint density at radius 2 is 2.09 bits per heavy atom. The summed E-state index contributed by atoms with van der Waals surface area (Å²) in [4.78, 5) is 8.30. The van der Waals surface area contributed by atoms with E-state index in [4.69, 9.17) is 14.2 Å². The first-order chi connectivity index (χ1) is 10.8. The Kier molecular flexibility index (Phi) is 4.58. The molecule has 0 fully saturated rings. The number of nitrogens with one attached hydrogen (secondary N) is 1. The van der Waals surface area contributed by atoms with E-state index >= 15 is 0 Å². The van der Waals surface area contributed by atoms with E-state index in [2.05, 4.69) is 22.2 Å². The maximum Gasteiger partial charge on any atom is 0.231 e. The molecule has 0 saturated carbocycles. The Bertz CT molecular complexity index is 634. The Morgan fingerprint density at radius 1 is 1.18 bits per heavy atom. The van der Waals surface area contributed by atoms with Gasteiger partial charge in [-0.05, 0) is 24.1 Å². The van der Waals surface area contributed by atoms with Gasteiger partial charge in [-0.2, -0.15) is 0 Å². The highest BCUT2D eigenvalue weighted by Gasteiger charge is 2.13. The molecule has 0 bridgehead atoms. The van der Waals surface area contributed by atoms with Crippen LogP contribution < -0.4 is 19.5 Å². The number of fused-ring (bicyclic) bond motifs is 1. The van der Waals surface area contributed by atoms with Crippen molar-refractivity contribution in [3.63, 3.8) is 0 Å². The molecule has 6 nitrogen and oxygen atoms in total. The van der Waals surface area contributed by atoms with Gasteiger partial charge in [-0.1, -0.05) is 19.4 Å². The third kappa shape index (κ3) is 3.58. The molecule has 1 N–H and O–H groups in total. The second-order valence-electron chi connectivity index (χ2n) is 4.98. The van der Waals surface area contributed by atoms with Crippen molar-refractivity contribution in [1.29, 1.82) is 0 Å². The second-order valence-corrected chi connectivity index (χ2v) is 4.98. The summed E-state index contributed by atoms with van der Waals surface area (Å²) in [6.45, 7) is 3.73. The predicted octanol–water partition coefficient (Wildman–Crippen LogP) is 3.00. The fourth-order valence-corrected chi connectivity index (χ4v) is 2.08. The number of hydrogen-bond acceptors (Lipinski definition) is 6. The van der Waals surface area contributed by atoms with Crippen LogP contribution in [0.3, 0.4) is 0 Å². The molecule has 1 aromatic carbocycles. The highest BCUT2D eigenvalue weighted by molar-refractivity contribution is 5.46. The van der Waals surface area contributed by atoms with Gasteiger partial charge in [-0.15, -0.1) is 0 Å². The Labute approximate surface area is 129 Å². The summed E-state index contributed by atoms with van der Waals surface area (Å²) in [7, 11) is 0. The van der Waals surface area contributed by atoms with Crippen molar-refractivity contribution in [3.8, 4) is 17.4 Å². The number of hydrogen-bond donors (Lipinski definition) is 1. The smallest absolute Gasteiger partial charge is 0.231 e. The molecule has 0 unspecified atom stereocenters. The van der Waals surface area contributed by atoms with E-state index in [1.807, 2.05) is 24.3 Å². The molecule has 0 atom stereocenters. The standard InChI is InChI=1S/C16H19N3O3/c1-2-3-6-20-16-8-15(18-10-19-16)17-9-12-4-5-13-14(7-12)22-11-21-13/h4-5,7-8,10H,2-3,6,9,11H2,1H3,(H,17,18,19). The van der Waals surface area contributed by atoms with Crippen molar-refractivity contribution < 1.29 is 14.2 Å². The number of anilines is 1. The van der Waals surface area contributed by atoms with E-state index in [1.165, 1.54) is 6.33 Å². The Hall–Kier alpha value is -2.50. The molecule has 0 spiro atoms. The molecule has 2 aromatic rings. The average Bonchev–Trinajstić information content (AvgIpc) is 3.01. The lowest BCUT2D eigenvalue weighted by atomic mass is 10.2. The van der Waals surface area contributed by atoms with Gasteiger partial charge >= 0.3 is 0 Å². The molecule has 0 amide bonds. The monoisotopic (exact) mass is 301 g/mol. The number of ether oxygens (including phenoxy) is 3. The maximum atomic E-state index is 5.57. The highest BCUT2D eigenvalue weighted by atomic mass is 16.7. The predicted molar refractivity (Wildman–Crippen MR) is 82.3 cm³/mol. The van der Waals surface area contributed by atoms with Crippen molar-refractivity contribution in [3.05, 3.63) is 36.2 Å². The minimum Gasteiger partial charge on any atom is -0.478 e. The normalized spacial score (nSPS) is 12.2. The molecule has 116 valence electrons. The first kappa shape index (κ1) is 14.4. The van der Waals surface area contributed by atoms with Gasteiger partial charge in [0.25, 0.3) is 0 Å². The Morgan fingerprint density at radius 3 is 3.00 bits per heavy atom. The van der Waals surface area contributed by atoms with Crippen LogP contribution in [0.25, 0.3) is 0 Å². The zero-order valence-corrected chi connectivity index (χ0v) is 12.5. The third-order valence-corrected chi connectivity index (χ3v) is 3.30. The fraction of sp³-hybridized carbons (Fsp3) is 0.375. The highest BCUT2D eigenvalue weighted by Crippen LogP contribution is 2.32. The lowest BCUT2D eigenvalue weighted by Gasteiger charge is -2.08. The molecule has 22 heavy (non-hydrogen) atoms. The van der Waals surface area contributed by atoms with Crippen molar-refractivity contribution >= 4 is 5.82 Å². The van der Waals surface area contributed by atoms with Crippen LogP contribution in [0.4, 0.5) is 5.82 Å². The van der Waals surface area contributed by atoms with E-state index < -0.39 is 0 Å². The van der Waals surface area contributed by atoms with Gasteiger partial charge in [0.05, 0.1) is 6.61 Å². The lowest BCUT2D eigenvalue weighted by molar-refractivity contribution is 0.174. The van der Waals surface area contributed by atoms with Crippen LogP contribution in [0.15, 0.2) is 30.6 Å². The van der Waals surface area contributed by atoms with E-state index in [0.29, 0.717) is 19.0 Å². The van der Waals surface area contributed by atoms with E-state index in [-0.39, 0.29) is 6.79 Å². The van der Waals surface area contributed by atoms with Gasteiger partial charge in [0.15, 0.2) is 11.5 Å². The van der Waals surface area contributed by atoms with Crippen LogP contribution in [0, 0.1) is 0 Å². The molecule has 0 aliphatic carbocycles. The largest absolute Gasteiger partial charge is 0.478 e. The molecule has 1 aliphatic heterocycles. The molecular formula is C16H19N3O3. The minimum atomic E-state index is 0.288. The molecule has 3 rings (SSSR count). The van der Waals surface area contributed by atoms with Gasteiger partial charge < -0.3 is 19.5 Å². The molecule has 0 saturated heterocycles. The van der Waals surface area contributed by atoms with Crippen LogP contribution in [0.2, 0.25) is 0 Å². The molecule has 0 radical (unpaired) electrons. The number of benzene rings is 1. The van der Waals surface area contributed by atoms with Crippen molar-refractivity contribution in [1.82, 2.24) is 9.97 Å². The van der Waals surface area contributed by atoms with Gasteiger partial charge in [0, 0.05) is 12.6 Å². The Balaban J connectivity index is 1.58. The fourth-order valence-electron chi connectivity index (χ4n) is 2.08. The molecule has 1 aromatic heterocycles. The summed E-state index contributed by atoms with van der Waals surface area (Å²) in [6, 6.07) is 7.69. The second kappa shape index (κ2) is 6.98. The van der Waals surface area contributed by atoms with Crippen LogP contribution >= 0.6 is 0 Å². The van der Waals surface area contributed by atoms with Crippen LogP contribution in [0.5, 0.6) is 17.4 Å². The summed E-state index contributed by atoms with van der Waals surface area (Å²) >= 11 is 0. The zero-order chi connectivity index (χ0) is 15.2. The third-order valence-electron chi connectivity index (χ3n) is 3.30. The van der Waals surface area contributed by atoms with Gasteiger partial charge in [-0.3, -0.25) is 0 Å². The number of unbranched alkanes of at least 4 members (excludes halogenated alkanes) is 1. The van der Waals surface area contributed by atoms with E-state index in [1.54, 1.807) is 0 Å². The number of nitrogens with zero attached hydrogens (tertiary/aromatic N) is 2.